The Morgan fingerprint density at radius 3 is 2.56 bits per heavy atom. The molecule has 34 heavy (non-hydrogen) atoms. The Kier molecular flexibility index (Phi) is 4.97. The molecule has 3 N–H and O–H groups in total. The van der Waals surface area contributed by atoms with Gasteiger partial charge in [0.05, 0.1) is 17.1 Å². The fourth-order valence-corrected chi connectivity index (χ4v) is 4.96. The van der Waals surface area contributed by atoms with Crippen LogP contribution in [0.2, 0.25) is 0 Å². The molecule has 172 valence electrons. The molecule has 2 atom stereocenters. The lowest BCUT2D eigenvalue weighted by Crippen LogP contribution is -2.31. The van der Waals surface area contributed by atoms with Crippen LogP contribution >= 0.6 is 0 Å². The van der Waals surface area contributed by atoms with Crippen molar-refractivity contribution in [1.29, 1.82) is 0 Å². The molecule has 1 aliphatic carbocycles. The molecule has 4 aromatic rings. The molecule has 2 unspecified atom stereocenters. The Bertz CT molecular complexity index is 1380. The summed E-state index contributed by atoms with van der Waals surface area (Å²) in [5.41, 5.74) is 7.87. The third-order valence-corrected chi connectivity index (χ3v) is 6.85. The molecule has 0 saturated heterocycles. The predicted octanol–water partition coefficient (Wildman–Crippen LogP) is 4.36. The van der Waals surface area contributed by atoms with Crippen LogP contribution in [0.4, 0.5) is 0 Å². The van der Waals surface area contributed by atoms with Crippen LogP contribution < -0.4 is 5.48 Å². The molecule has 3 aromatic heterocycles. The number of hydrogen-bond acceptors (Lipinski definition) is 6. The van der Waals surface area contributed by atoms with Crippen molar-refractivity contribution in [2.45, 2.75) is 50.7 Å². The molecule has 4 heterocycles. The summed E-state index contributed by atoms with van der Waals surface area (Å²) in [6.45, 7) is 4.03. The zero-order valence-corrected chi connectivity index (χ0v) is 19.2. The van der Waals surface area contributed by atoms with Gasteiger partial charge in [-0.1, -0.05) is 12.1 Å². The van der Waals surface area contributed by atoms with Crippen LogP contribution in [-0.2, 0) is 16.9 Å². The van der Waals surface area contributed by atoms with Gasteiger partial charge in [-0.15, -0.1) is 5.48 Å². The number of nitrogens with zero attached hydrogens (tertiary/aromatic N) is 3. The van der Waals surface area contributed by atoms with Crippen molar-refractivity contribution in [3.63, 3.8) is 0 Å². The summed E-state index contributed by atoms with van der Waals surface area (Å²) in [5.74, 6) is 2.28. The number of hydroxylamine groups is 1. The highest BCUT2D eigenvalue weighted by atomic mass is 16.7. The average molecular weight is 454 g/mol. The lowest BCUT2D eigenvalue weighted by molar-refractivity contribution is 0.0820. The summed E-state index contributed by atoms with van der Waals surface area (Å²) in [6, 6.07) is 11.9. The van der Waals surface area contributed by atoms with Crippen LogP contribution in [0.25, 0.3) is 16.6 Å². The highest BCUT2D eigenvalue weighted by Gasteiger charge is 2.37. The summed E-state index contributed by atoms with van der Waals surface area (Å²) in [7, 11) is 0. The minimum absolute atomic E-state index is 0.0286. The van der Waals surface area contributed by atoms with Crippen LogP contribution in [0.15, 0.2) is 66.9 Å². The fourth-order valence-electron chi connectivity index (χ4n) is 4.96. The molecule has 1 aromatic carbocycles. The maximum Gasteiger partial charge on any atom is 0.126 e. The van der Waals surface area contributed by atoms with E-state index in [0.29, 0.717) is 17.9 Å². The number of H-pyrrole nitrogens is 1. The van der Waals surface area contributed by atoms with Gasteiger partial charge in [0.15, 0.2) is 0 Å². The third-order valence-electron chi connectivity index (χ3n) is 6.85. The van der Waals surface area contributed by atoms with E-state index in [1.54, 1.807) is 24.8 Å². The van der Waals surface area contributed by atoms with Gasteiger partial charge in [0.1, 0.15) is 17.2 Å². The summed E-state index contributed by atoms with van der Waals surface area (Å²) < 4.78 is 0. The Hall–Kier alpha value is -3.55. The highest BCUT2D eigenvalue weighted by molar-refractivity contribution is 5.87. The summed E-state index contributed by atoms with van der Waals surface area (Å²) in [5, 5.41) is 12.5. The Morgan fingerprint density at radius 1 is 1.12 bits per heavy atom. The van der Waals surface area contributed by atoms with E-state index >= 15 is 0 Å². The second-order valence-electron chi connectivity index (χ2n) is 9.37. The smallest absolute Gasteiger partial charge is 0.126 e. The minimum Gasteiger partial charge on any atom is -0.413 e. The van der Waals surface area contributed by atoms with Gasteiger partial charge in [0.25, 0.3) is 0 Å². The van der Waals surface area contributed by atoms with E-state index in [2.05, 4.69) is 39.5 Å². The van der Waals surface area contributed by atoms with Crippen molar-refractivity contribution >= 4 is 16.6 Å². The number of nitrogens with one attached hydrogen (secondary N) is 2. The quantitative estimate of drug-likeness (QED) is 0.401. The monoisotopic (exact) mass is 453 g/mol. The Labute approximate surface area is 197 Å². The van der Waals surface area contributed by atoms with Crippen molar-refractivity contribution in [3.05, 3.63) is 95.0 Å². The SMILES string of the molecule is CC1=C(c2cc(C(O)(Cc3cccnc3)c3cccnc3)c3nc(C4CC4)[nH]c3c2)C(C)NO1. The molecule has 0 bridgehead atoms. The number of hydrogen-bond donors (Lipinski definition) is 3. The Balaban J connectivity index is 1.61. The fraction of sp³-hybridized carbons (Fsp3) is 0.296. The molecule has 0 spiro atoms. The second kappa shape index (κ2) is 8.04. The second-order valence-corrected chi connectivity index (χ2v) is 9.37. The molecule has 1 saturated carbocycles. The molecule has 2 aliphatic rings. The molecule has 1 fully saturated rings. The van der Waals surface area contributed by atoms with E-state index in [0.717, 1.165) is 57.7 Å². The first-order valence-electron chi connectivity index (χ1n) is 11.7. The van der Waals surface area contributed by atoms with Gasteiger partial charge in [0, 0.05) is 53.8 Å². The lowest BCUT2D eigenvalue weighted by atomic mass is 9.80. The largest absolute Gasteiger partial charge is 0.413 e. The Morgan fingerprint density at radius 2 is 1.91 bits per heavy atom. The van der Waals surface area contributed by atoms with Gasteiger partial charge >= 0.3 is 0 Å². The molecule has 0 amide bonds. The van der Waals surface area contributed by atoms with Gasteiger partial charge < -0.3 is 14.9 Å². The first kappa shape index (κ1) is 21.0. The maximum atomic E-state index is 12.5. The average Bonchev–Trinajstić information content (AvgIpc) is 3.53. The van der Waals surface area contributed by atoms with E-state index in [1.807, 2.05) is 31.2 Å². The van der Waals surface area contributed by atoms with E-state index in [4.69, 9.17) is 9.82 Å². The van der Waals surface area contributed by atoms with E-state index in [9.17, 15) is 5.11 Å². The molecular formula is C27H27N5O2. The first-order chi connectivity index (χ1) is 16.5. The van der Waals surface area contributed by atoms with Crippen molar-refractivity contribution in [2.24, 2.45) is 0 Å². The van der Waals surface area contributed by atoms with E-state index < -0.39 is 5.60 Å². The molecule has 7 nitrogen and oxygen atoms in total. The zero-order chi connectivity index (χ0) is 23.3. The number of aromatic amines is 1. The van der Waals surface area contributed by atoms with E-state index in [-0.39, 0.29) is 6.04 Å². The summed E-state index contributed by atoms with van der Waals surface area (Å²) in [4.78, 5) is 22.8. The molecule has 1 aliphatic heterocycles. The highest BCUT2D eigenvalue weighted by Crippen LogP contribution is 2.43. The van der Waals surface area contributed by atoms with Crippen LogP contribution in [-0.4, -0.2) is 31.1 Å². The number of imidazole rings is 1. The van der Waals surface area contributed by atoms with Gasteiger partial charge in [-0.25, -0.2) is 4.98 Å². The van der Waals surface area contributed by atoms with Crippen LogP contribution in [0, 0.1) is 0 Å². The molecule has 0 radical (unpaired) electrons. The van der Waals surface area contributed by atoms with E-state index in [1.165, 1.54) is 0 Å². The summed E-state index contributed by atoms with van der Waals surface area (Å²) in [6.07, 6.45) is 9.62. The number of aliphatic hydroxyl groups is 1. The number of benzene rings is 1. The molecule has 7 heteroatoms. The van der Waals surface area contributed by atoms with Gasteiger partial charge in [0.2, 0.25) is 0 Å². The van der Waals surface area contributed by atoms with Crippen LogP contribution in [0.1, 0.15) is 60.7 Å². The van der Waals surface area contributed by atoms with Crippen LogP contribution in [0.5, 0.6) is 0 Å². The number of pyridine rings is 2. The van der Waals surface area contributed by atoms with Crippen molar-refractivity contribution in [1.82, 2.24) is 25.4 Å². The predicted molar refractivity (Wildman–Crippen MR) is 130 cm³/mol. The van der Waals surface area contributed by atoms with Gasteiger partial charge in [-0.05, 0) is 62.1 Å². The van der Waals surface area contributed by atoms with Gasteiger partial charge in [-0.2, -0.15) is 0 Å². The number of allylic oxidation sites excluding steroid dienone is 1. The minimum atomic E-state index is -1.35. The van der Waals surface area contributed by atoms with Crippen LogP contribution in [0.3, 0.4) is 0 Å². The number of rotatable bonds is 6. The first-order valence-corrected chi connectivity index (χ1v) is 11.7. The summed E-state index contributed by atoms with van der Waals surface area (Å²) >= 11 is 0. The zero-order valence-electron chi connectivity index (χ0n) is 19.2. The molecule has 6 rings (SSSR count). The van der Waals surface area contributed by atoms with Crippen molar-refractivity contribution < 1.29 is 9.94 Å². The molecular weight excluding hydrogens is 426 g/mol. The standard InChI is InChI=1S/C27H27N5O2/c1-16-24(17(2)34-32-16)20-11-22(25-23(12-20)30-26(31-25)19-7-8-19)27(33,21-6-4-10-29-15-21)13-18-5-3-9-28-14-18/h3-6,9-12,14-16,19,32-33H,7-8,13H2,1-2H3,(H,30,31). The maximum absolute atomic E-state index is 12.5. The number of fused-ring (bicyclic) bond motifs is 1. The normalized spacial score (nSPS) is 19.9. The third kappa shape index (κ3) is 3.57. The topological polar surface area (TPSA) is 96.0 Å². The van der Waals surface area contributed by atoms with Crippen molar-refractivity contribution in [3.8, 4) is 0 Å². The lowest BCUT2D eigenvalue weighted by Gasteiger charge is -2.30. The van der Waals surface area contributed by atoms with Crippen molar-refractivity contribution in [2.75, 3.05) is 0 Å². The number of aromatic nitrogens is 4. The van der Waals surface area contributed by atoms with Gasteiger partial charge in [-0.3, -0.25) is 9.97 Å².